The number of urea groups is 1. The molecule has 4 atom stereocenters. The van der Waals surface area contributed by atoms with Gasteiger partial charge in [-0.25, -0.2) is 9.69 Å². The molecule has 1 saturated heterocycles. The minimum atomic E-state index is -1.88. The van der Waals surface area contributed by atoms with Crippen molar-refractivity contribution in [2.45, 2.75) is 44.6 Å². The van der Waals surface area contributed by atoms with Crippen LogP contribution in [-0.2, 0) is 32.0 Å². The Morgan fingerprint density at radius 3 is 2.48 bits per heavy atom. The van der Waals surface area contributed by atoms with E-state index < -0.39 is 47.0 Å². The number of benzene rings is 2. The summed E-state index contributed by atoms with van der Waals surface area (Å²) >= 11 is 0. The lowest BCUT2D eigenvalue weighted by Gasteiger charge is -2.54. The number of H-pyrrole nitrogens is 1. The Morgan fingerprint density at radius 2 is 1.74 bits per heavy atom. The fourth-order valence-electron chi connectivity index (χ4n) is 7.90. The third kappa shape index (κ3) is 4.99. The van der Waals surface area contributed by atoms with Gasteiger partial charge in [0.15, 0.2) is 0 Å². The average Bonchev–Trinajstić information content (AvgIpc) is 3.58. The highest BCUT2D eigenvalue weighted by Crippen LogP contribution is 2.55. The van der Waals surface area contributed by atoms with E-state index in [1.807, 2.05) is 67.7 Å². The van der Waals surface area contributed by atoms with Crippen LogP contribution in [0.1, 0.15) is 37.3 Å². The van der Waals surface area contributed by atoms with Crippen molar-refractivity contribution in [2.75, 3.05) is 26.7 Å². The zero-order valence-electron chi connectivity index (χ0n) is 26.0. The molecule has 6 rings (SSSR count). The van der Waals surface area contributed by atoms with E-state index >= 15 is 0 Å². The Hall–Kier alpha value is -4.77. The predicted molar refractivity (Wildman–Crippen MR) is 170 cm³/mol. The van der Waals surface area contributed by atoms with Crippen molar-refractivity contribution in [1.29, 1.82) is 0 Å². The van der Waals surface area contributed by atoms with Crippen molar-refractivity contribution < 1.29 is 29.1 Å². The number of amides is 6. The molecule has 2 fully saturated rings. The van der Waals surface area contributed by atoms with Crippen LogP contribution in [0.3, 0.4) is 0 Å². The van der Waals surface area contributed by atoms with Gasteiger partial charge < -0.3 is 20.7 Å². The molecule has 3 heterocycles. The molecule has 3 aliphatic rings. The number of rotatable bonds is 9. The lowest BCUT2D eigenvalue weighted by Crippen LogP contribution is -2.73. The van der Waals surface area contributed by atoms with Gasteiger partial charge in [-0.15, -0.1) is 0 Å². The fourth-order valence-corrected chi connectivity index (χ4v) is 7.90. The summed E-state index contributed by atoms with van der Waals surface area (Å²) in [5.74, 6) is -4.42. The van der Waals surface area contributed by atoms with Crippen LogP contribution in [0.5, 0.6) is 0 Å². The first-order chi connectivity index (χ1) is 22.2. The molecule has 3 aromatic rings. The smallest absolute Gasteiger partial charge is 0.325 e. The van der Waals surface area contributed by atoms with Gasteiger partial charge in [-0.2, -0.15) is 0 Å². The number of carbonyl (C=O) groups is 5. The van der Waals surface area contributed by atoms with E-state index in [1.54, 1.807) is 0 Å². The first-order valence-electron chi connectivity index (χ1n) is 15.9. The van der Waals surface area contributed by atoms with Crippen LogP contribution in [0.15, 0.2) is 71.9 Å². The average molecular weight is 626 g/mol. The number of nitrogens with zero attached hydrogens (tertiary/aromatic N) is 2. The molecule has 4 N–H and O–H groups in total. The standard InChI is InChI=1S/C35H39N5O6/c1-3-23-25-13-14-26-28(32(44)39(2)30(26)42)29(25)35(19-21-9-5-4-6-10-21,40(31(23)43)34(46)37-17-18-41)33(45)36-16-15-22-20-38-27-12-8-7-11-24(22)27/h4-12,20,26,28-29,38,41H,3,13-19H2,1-2H3,(H,36,45)(H,37,46)/t26-,28-,29+,35+/m1/s1. The molecule has 2 aromatic carbocycles. The number of hydrogen-bond donors (Lipinski definition) is 4. The summed E-state index contributed by atoms with van der Waals surface area (Å²) < 4.78 is 0. The molecular formula is C35H39N5O6. The number of aliphatic hydroxyl groups is 1. The first-order valence-corrected chi connectivity index (χ1v) is 15.9. The van der Waals surface area contributed by atoms with E-state index in [1.165, 1.54) is 7.05 Å². The highest BCUT2D eigenvalue weighted by atomic mass is 16.3. The lowest BCUT2D eigenvalue weighted by atomic mass is 9.57. The van der Waals surface area contributed by atoms with Crippen LogP contribution in [0.4, 0.5) is 4.79 Å². The number of hydrogen-bond acceptors (Lipinski definition) is 6. The molecule has 1 aromatic heterocycles. The molecule has 0 bridgehead atoms. The van der Waals surface area contributed by atoms with Crippen LogP contribution in [0.2, 0.25) is 0 Å². The third-order valence-corrected chi connectivity index (χ3v) is 9.93. The summed E-state index contributed by atoms with van der Waals surface area (Å²) in [6.45, 7) is 1.50. The van der Waals surface area contributed by atoms with Gasteiger partial charge in [0.05, 0.1) is 18.4 Å². The molecule has 11 nitrogen and oxygen atoms in total. The number of para-hydroxylation sites is 1. The van der Waals surface area contributed by atoms with E-state index in [0.29, 0.717) is 36.0 Å². The molecule has 240 valence electrons. The zero-order chi connectivity index (χ0) is 32.6. The molecule has 1 saturated carbocycles. The normalized spacial score (nSPS) is 24.3. The van der Waals surface area contributed by atoms with Crippen molar-refractivity contribution in [1.82, 2.24) is 25.4 Å². The largest absolute Gasteiger partial charge is 0.395 e. The number of imide groups is 2. The molecular weight excluding hydrogens is 586 g/mol. The summed E-state index contributed by atoms with van der Waals surface area (Å²) in [6.07, 6.45) is 3.33. The minimum absolute atomic E-state index is 0.0649. The highest BCUT2D eigenvalue weighted by Gasteiger charge is 2.67. The molecule has 0 spiro atoms. The first kappa shape index (κ1) is 31.2. The fraction of sp³-hybridized carbons (Fsp3) is 0.400. The summed E-state index contributed by atoms with van der Waals surface area (Å²) in [4.78, 5) is 76.1. The second-order valence-corrected chi connectivity index (χ2v) is 12.3. The Bertz CT molecular complexity index is 1730. The van der Waals surface area contributed by atoms with Crippen molar-refractivity contribution in [3.8, 4) is 0 Å². The Labute approximate surface area is 267 Å². The SMILES string of the molecule is CCC1=C2CC[C@H]3C(=O)N(C)C(=O)[C@H]3[C@H]2[C@@](Cc2ccccc2)(C(=O)NCCc2c[nH]c3ccccc23)N(C(=O)NCCO)C1=O. The summed E-state index contributed by atoms with van der Waals surface area (Å²) in [5, 5.41) is 16.2. The Morgan fingerprint density at radius 1 is 1.00 bits per heavy atom. The number of nitrogens with one attached hydrogen (secondary N) is 3. The number of aromatic amines is 1. The van der Waals surface area contributed by atoms with Crippen molar-refractivity contribution >= 4 is 40.6 Å². The third-order valence-electron chi connectivity index (χ3n) is 9.93. The molecule has 0 unspecified atom stereocenters. The number of carbonyl (C=O) groups excluding carboxylic acids is 5. The van der Waals surface area contributed by atoms with Crippen LogP contribution in [0, 0.1) is 17.8 Å². The van der Waals surface area contributed by atoms with E-state index in [2.05, 4.69) is 15.6 Å². The summed E-state index contributed by atoms with van der Waals surface area (Å²) in [5.41, 5.74) is 1.82. The number of likely N-dealkylation sites (tertiary alicyclic amines) is 1. The van der Waals surface area contributed by atoms with Gasteiger partial charge >= 0.3 is 6.03 Å². The zero-order valence-corrected chi connectivity index (χ0v) is 26.0. The van der Waals surface area contributed by atoms with Gasteiger partial charge in [0.2, 0.25) is 17.7 Å². The predicted octanol–water partition coefficient (Wildman–Crippen LogP) is 2.70. The Kier molecular flexibility index (Phi) is 8.52. The van der Waals surface area contributed by atoms with E-state index in [4.69, 9.17) is 0 Å². The number of fused-ring (bicyclic) bond motifs is 4. The molecule has 2 aliphatic heterocycles. The topological polar surface area (TPSA) is 152 Å². The van der Waals surface area contributed by atoms with Crippen LogP contribution in [0.25, 0.3) is 10.9 Å². The minimum Gasteiger partial charge on any atom is -0.395 e. The maximum Gasteiger partial charge on any atom is 0.325 e. The molecule has 46 heavy (non-hydrogen) atoms. The monoisotopic (exact) mass is 625 g/mol. The van der Waals surface area contributed by atoms with Crippen molar-refractivity contribution in [2.24, 2.45) is 17.8 Å². The van der Waals surface area contributed by atoms with Gasteiger partial charge in [-0.1, -0.05) is 61.0 Å². The van der Waals surface area contributed by atoms with Gasteiger partial charge in [-0.3, -0.25) is 24.1 Å². The maximum absolute atomic E-state index is 15.0. The number of aromatic nitrogens is 1. The number of aliphatic hydroxyl groups excluding tert-OH is 1. The molecule has 0 radical (unpaired) electrons. The molecule has 1 aliphatic carbocycles. The van der Waals surface area contributed by atoms with Crippen LogP contribution >= 0.6 is 0 Å². The maximum atomic E-state index is 15.0. The lowest BCUT2D eigenvalue weighted by molar-refractivity contribution is -0.151. The van der Waals surface area contributed by atoms with Crippen molar-refractivity contribution in [3.05, 3.63) is 83.1 Å². The van der Waals surface area contributed by atoms with E-state index in [-0.39, 0.29) is 38.4 Å². The van der Waals surface area contributed by atoms with E-state index in [0.717, 1.165) is 26.3 Å². The molecule has 6 amide bonds. The van der Waals surface area contributed by atoms with Gasteiger partial charge in [0.1, 0.15) is 5.54 Å². The van der Waals surface area contributed by atoms with E-state index in [9.17, 15) is 29.1 Å². The quantitative estimate of drug-likeness (QED) is 0.269. The second-order valence-electron chi connectivity index (χ2n) is 12.3. The van der Waals surface area contributed by atoms with Gasteiger partial charge in [0.25, 0.3) is 5.91 Å². The highest BCUT2D eigenvalue weighted by molar-refractivity contribution is 6.12. The van der Waals surface area contributed by atoms with Crippen molar-refractivity contribution in [3.63, 3.8) is 0 Å². The van der Waals surface area contributed by atoms with Gasteiger partial charge in [0, 0.05) is 55.1 Å². The second kappa shape index (κ2) is 12.6. The Balaban J connectivity index is 1.50. The summed E-state index contributed by atoms with van der Waals surface area (Å²) in [6, 6.07) is 16.1. The molecule has 11 heteroatoms. The summed E-state index contributed by atoms with van der Waals surface area (Å²) in [7, 11) is 1.45. The van der Waals surface area contributed by atoms with Crippen LogP contribution in [-0.4, -0.2) is 81.8 Å². The van der Waals surface area contributed by atoms with Gasteiger partial charge in [-0.05, 0) is 42.9 Å². The van der Waals surface area contributed by atoms with Crippen LogP contribution < -0.4 is 10.6 Å².